The van der Waals surface area contributed by atoms with Crippen molar-refractivity contribution in [1.82, 2.24) is 10.2 Å². The van der Waals surface area contributed by atoms with E-state index < -0.39 is 5.54 Å². The zero-order valence-corrected chi connectivity index (χ0v) is 10.3. The van der Waals surface area contributed by atoms with Gasteiger partial charge in [0.25, 0.3) is 0 Å². The van der Waals surface area contributed by atoms with Crippen molar-refractivity contribution in [2.45, 2.75) is 44.7 Å². The first-order valence-electron chi connectivity index (χ1n) is 6.32. The Labute approximate surface area is 97.6 Å². The first kappa shape index (κ1) is 11.9. The van der Waals surface area contributed by atoms with Crippen molar-refractivity contribution < 1.29 is 4.79 Å². The molecule has 2 rings (SSSR count). The minimum atomic E-state index is -0.465. The monoisotopic (exact) mass is 225 g/mol. The predicted octanol–water partition coefficient (Wildman–Crippen LogP) is 0.324. The van der Waals surface area contributed by atoms with Crippen LogP contribution in [0.1, 0.15) is 33.1 Å². The molecule has 3 N–H and O–H groups in total. The highest BCUT2D eigenvalue weighted by atomic mass is 16.1. The Bertz CT molecular complexity index is 275. The summed E-state index contributed by atoms with van der Waals surface area (Å²) in [6.07, 6.45) is 3.46. The number of nitrogens with one attached hydrogen (secondary N) is 1. The molecule has 4 heteroatoms. The van der Waals surface area contributed by atoms with E-state index in [4.69, 9.17) is 5.73 Å². The summed E-state index contributed by atoms with van der Waals surface area (Å²) in [5.74, 6) is 0.598. The van der Waals surface area contributed by atoms with E-state index >= 15 is 0 Å². The van der Waals surface area contributed by atoms with Gasteiger partial charge in [0, 0.05) is 19.1 Å². The topological polar surface area (TPSA) is 58.4 Å². The van der Waals surface area contributed by atoms with Crippen LogP contribution < -0.4 is 11.1 Å². The Morgan fingerprint density at radius 3 is 2.69 bits per heavy atom. The molecular formula is C12H23N3O. The third-order valence-electron chi connectivity index (χ3n) is 3.93. The average molecular weight is 225 g/mol. The molecule has 92 valence electrons. The van der Waals surface area contributed by atoms with E-state index in [0.717, 1.165) is 32.0 Å². The van der Waals surface area contributed by atoms with Gasteiger partial charge in [-0.3, -0.25) is 9.69 Å². The largest absolute Gasteiger partial charge is 0.368 e. The second-order valence-corrected chi connectivity index (χ2v) is 5.58. The molecule has 1 saturated heterocycles. The number of nitrogens with two attached hydrogens (primary N) is 1. The quantitative estimate of drug-likeness (QED) is 0.708. The van der Waals surface area contributed by atoms with Gasteiger partial charge in [0.2, 0.25) is 5.91 Å². The van der Waals surface area contributed by atoms with Gasteiger partial charge < -0.3 is 11.1 Å². The van der Waals surface area contributed by atoms with Crippen LogP contribution in [0, 0.1) is 5.92 Å². The van der Waals surface area contributed by atoms with Crippen molar-refractivity contribution in [3.05, 3.63) is 0 Å². The van der Waals surface area contributed by atoms with E-state index in [-0.39, 0.29) is 5.91 Å². The zero-order chi connectivity index (χ0) is 11.8. The van der Waals surface area contributed by atoms with Crippen molar-refractivity contribution in [1.29, 1.82) is 0 Å². The fourth-order valence-corrected chi connectivity index (χ4v) is 2.37. The van der Waals surface area contributed by atoms with Crippen molar-refractivity contribution in [2.75, 3.05) is 19.6 Å². The number of nitrogens with zero attached hydrogens (tertiary/aromatic N) is 1. The number of carbonyl (C=O) groups excluding carboxylic acids is 1. The summed E-state index contributed by atoms with van der Waals surface area (Å²) >= 11 is 0. The fourth-order valence-electron chi connectivity index (χ4n) is 2.37. The molecule has 1 aliphatic heterocycles. The maximum atomic E-state index is 11.7. The Morgan fingerprint density at radius 2 is 2.25 bits per heavy atom. The molecular weight excluding hydrogens is 202 g/mol. The van der Waals surface area contributed by atoms with Crippen LogP contribution in [0.3, 0.4) is 0 Å². The van der Waals surface area contributed by atoms with Crippen LogP contribution in [0.5, 0.6) is 0 Å². The van der Waals surface area contributed by atoms with Crippen LogP contribution in [0.15, 0.2) is 0 Å². The lowest BCUT2D eigenvalue weighted by Crippen LogP contribution is -2.58. The lowest BCUT2D eigenvalue weighted by molar-refractivity contribution is -0.124. The SMILES string of the molecule is CC(C)N1CCC(NCC2CC2)(C(N)=O)C1. The summed E-state index contributed by atoms with van der Waals surface area (Å²) in [6.45, 7) is 7.02. The van der Waals surface area contributed by atoms with E-state index in [2.05, 4.69) is 24.1 Å². The Hall–Kier alpha value is -0.610. The molecule has 0 bridgehead atoms. The third-order valence-corrected chi connectivity index (χ3v) is 3.93. The maximum Gasteiger partial charge on any atom is 0.239 e. The number of hydrogen-bond acceptors (Lipinski definition) is 3. The van der Waals surface area contributed by atoms with Crippen LogP contribution in [0.25, 0.3) is 0 Å². The maximum absolute atomic E-state index is 11.7. The van der Waals surface area contributed by atoms with Gasteiger partial charge in [-0.05, 0) is 45.6 Å². The normalized spacial score (nSPS) is 31.2. The summed E-state index contributed by atoms with van der Waals surface area (Å²) in [7, 11) is 0. The van der Waals surface area contributed by atoms with Gasteiger partial charge >= 0.3 is 0 Å². The van der Waals surface area contributed by atoms with Gasteiger partial charge in [0.15, 0.2) is 0 Å². The van der Waals surface area contributed by atoms with Gasteiger partial charge in [0.1, 0.15) is 5.54 Å². The van der Waals surface area contributed by atoms with E-state index in [1.165, 1.54) is 12.8 Å². The van der Waals surface area contributed by atoms with Gasteiger partial charge in [0.05, 0.1) is 0 Å². The Morgan fingerprint density at radius 1 is 1.56 bits per heavy atom. The van der Waals surface area contributed by atoms with Crippen molar-refractivity contribution in [3.63, 3.8) is 0 Å². The minimum absolute atomic E-state index is 0.184. The predicted molar refractivity (Wildman–Crippen MR) is 64.0 cm³/mol. The molecule has 1 atom stereocenters. The van der Waals surface area contributed by atoms with Crippen molar-refractivity contribution >= 4 is 5.91 Å². The lowest BCUT2D eigenvalue weighted by Gasteiger charge is -2.28. The molecule has 1 heterocycles. The molecule has 1 unspecified atom stereocenters. The van der Waals surface area contributed by atoms with Gasteiger partial charge in [-0.1, -0.05) is 0 Å². The van der Waals surface area contributed by atoms with E-state index in [9.17, 15) is 4.79 Å². The summed E-state index contributed by atoms with van der Waals surface area (Å²) in [5.41, 5.74) is 5.11. The highest BCUT2D eigenvalue weighted by Gasteiger charge is 2.44. The molecule has 0 spiro atoms. The second-order valence-electron chi connectivity index (χ2n) is 5.58. The van der Waals surface area contributed by atoms with Gasteiger partial charge in [-0.2, -0.15) is 0 Å². The Kier molecular flexibility index (Phi) is 3.22. The molecule has 0 radical (unpaired) electrons. The van der Waals surface area contributed by atoms with Crippen molar-refractivity contribution in [3.8, 4) is 0 Å². The smallest absolute Gasteiger partial charge is 0.239 e. The molecule has 2 fully saturated rings. The summed E-state index contributed by atoms with van der Waals surface area (Å²) in [6, 6.07) is 0.490. The number of carbonyl (C=O) groups is 1. The number of amides is 1. The molecule has 16 heavy (non-hydrogen) atoms. The molecule has 4 nitrogen and oxygen atoms in total. The minimum Gasteiger partial charge on any atom is -0.368 e. The number of primary amides is 1. The molecule has 2 aliphatic rings. The van der Waals surface area contributed by atoms with E-state index in [1.807, 2.05) is 0 Å². The molecule has 1 amide bonds. The van der Waals surface area contributed by atoms with Crippen LogP contribution in [0.2, 0.25) is 0 Å². The standard InChI is InChI=1S/C12H23N3O/c1-9(2)15-6-5-12(8-15,11(13)16)14-7-10-3-4-10/h9-10,14H,3-8H2,1-2H3,(H2,13,16). The summed E-state index contributed by atoms with van der Waals surface area (Å²) in [5, 5.41) is 3.43. The molecule has 0 aromatic heterocycles. The number of rotatable bonds is 5. The highest BCUT2D eigenvalue weighted by Crippen LogP contribution is 2.30. The number of likely N-dealkylation sites (tertiary alicyclic amines) is 1. The first-order valence-corrected chi connectivity index (χ1v) is 6.32. The van der Waals surface area contributed by atoms with E-state index in [0.29, 0.717) is 6.04 Å². The molecule has 1 aliphatic carbocycles. The third kappa shape index (κ3) is 2.38. The second kappa shape index (κ2) is 4.34. The van der Waals surface area contributed by atoms with Gasteiger partial charge in [-0.15, -0.1) is 0 Å². The van der Waals surface area contributed by atoms with Gasteiger partial charge in [-0.25, -0.2) is 0 Å². The average Bonchev–Trinajstić information content (AvgIpc) is 2.93. The molecule has 1 saturated carbocycles. The first-order chi connectivity index (χ1) is 7.53. The van der Waals surface area contributed by atoms with Crippen LogP contribution in [-0.4, -0.2) is 42.0 Å². The Balaban J connectivity index is 1.96. The fraction of sp³-hybridized carbons (Fsp3) is 0.917. The summed E-state index contributed by atoms with van der Waals surface area (Å²) < 4.78 is 0. The number of hydrogen-bond donors (Lipinski definition) is 2. The summed E-state index contributed by atoms with van der Waals surface area (Å²) in [4.78, 5) is 14.0. The van der Waals surface area contributed by atoms with Crippen LogP contribution in [-0.2, 0) is 4.79 Å². The molecule has 0 aromatic carbocycles. The van der Waals surface area contributed by atoms with Crippen LogP contribution in [0.4, 0.5) is 0 Å². The van der Waals surface area contributed by atoms with E-state index in [1.54, 1.807) is 0 Å². The lowest BCUT2D eigenvalue weighted by atomic mass is 9.97. The van der Waals surface area contributed by atoms with Crippen molar-refractivity contribution in [2.24, 2.45) is 11.7 Å². The van der Waals surface area contributed by atoms with Crippen LogP contribution >= 0.6 is 0 Å². The highest BCUT2D eigenvalue weighted by molar-refractivity contribution is 5.85. The molecule has 0 aromatic rings. The zero-order valence-electron chi connectivity index (χ0n) is 10.3.